The highest BCUT2D eigenvalue weighted by molar-refractivity contribution is 5.93. The predicted molar refractivity (Wildman–Crippen MR) is 96.1 cm³/mol. The summed E-state index contributed by atoms with van der Waals surface area (Å²) in [5.41, 5.74) is 3.10. The molecular weight excluding hydrogens is 314 g/mol. The summed E-state index contributed by atoms with van der Waals surface area (Å²) in [6.07, 6.45) is 8.65. The van der Waals surface area contributed by atoms with Gasteiger partial charge < -0.3 is 10.2 Å². The van der Waals surface area contributed by atoms with E-state index in [0.717, 1.165) is 36.5 Å². The van der Waals surface area contributed by atoms with E-state index in [1.807, 2.05) is 25.3 Å². The number of hydrogen-bond acceptors (Lipinski definition) is 5. The van der Waals surface area contributed by atoms with Crippen LogP contribution >= 0.6 is 0 Å². The molecule has 6 heteroatoms. The van der Waals surface area contributed by atoms with E-state index in [1.165, 1.54) is 12.8 Å². The SMILES string of the molecule is Cc1cccnc1C(=O)NCc1cnc(CC2CCN(C)CC2)cn1. The van der Waals surface area contributed by atoms with Crippen molar-refractivity contribution in [3.05, 3.63) is 53.4 Å². The molecule has 1 N–H and O–H groups in total. The molecule has 0 radical (unpaired) electrons. The van der Waals surface area contributed by atoms with Gasteiger partial charge in [0.15, 0.2) is 0 Å². The molecule has 1 aliphatic rings. The molecule has 0 unspecified atom stereocenters. The first kappa shape index (κ1) is 17.5. The molecule has 1 amide bonds. The number of hydrogen-bond donors (Lipinski definition) is 1. The molecule has 1 saturated heterocycles. The Bertz CT molecular complexity index is 708. The van der Waals surface area contributed by atoms with Gasteiger partial charge in [-0.2, -0.15) is 0 Å². The molecule has 2 aromatic heterocycles. The summed E-state index contributed by atoms with van der Waals surface area (Å²) in [5, 5.41) is 2.85. The summed E-state index contributed by atoms with van der Waals surface area (Å²) in [6.45, 7) is 4.56. The zero-order valence-corrected chi connectivity index (χ0v) is 14.9. The lowest BCUT2D eigenvalue weighted by Crippen LogP contribution is -2.31. The smallest absolute Gasteiger partial charge is 0.270 e. The number of aromatic nitrogens is 3. The number of nitrogens with zero attached hydrogens (tertiary/aromatic N) is 4. The van der Waals surface area contributed by atoms with E-state index >= 15 is 0 Å². The maximum Gasteiger partial charge on any atom is 0.270 e. The molecular formula is C19H25N5O. The van der Waals surface area contributed by atoms with Gasteiger partial charge in [-0.15, -0.1) is 0 Å². The topological polar surface area (TPSA) is 71.0 Å². The maximum atomic E-state index is 12.2. The molecule has 1 aliphatic heterocycles. The fourth-order valence-corrected chi connectivity index (χ4v) is 3.12. The van der Waals surface area contributed by atoms with E-state index in [2.05, 4.69) is 32.2 Å². The van der Waals surface area contributed by atoms with Crippen molar-refractivity contribution in [1.29, 1.82) is 0 Å². The summed E-state index contributed by atoms with van der Waals surface area (Å²) in [5.74, 6) is 0.512. The Morgan fingerprint density at radius 1 is 1.20 bits per heavy atom. The van der Waals surface area contributed by atoms with Crippen molar-refractivity contribution in [3.63, 3.8) is 0 Å². The summed E-state index contributed by atoms with van der Waals surface area (Å²) in [7, 11) is 2.17. The van der Waals surface area contributed by atoms with Crippen molar-refractivity contribution in [1.82, 2.24) is 25.2 Å². The van der Waals surface area contributed by atoms with Crippen molar-refractivity contribution >= 4 is 5.91 Å². The standard InChI is InChI=1S/C19H25N5O/c1-14-4-3-7-20-18(14)19(25)23-13-17-12-21-16(11-22-17)10-15-5-8-24(2)9-6-15/h3-4,7,11-12,15H,5-6,8-10,13H2,1-2H3,(H,23,25). The number of carbonyl (C=O) groups excluding carboxylic acids is 1. The Kier molecular flexibility index (Phi) is 5.71. The minimum Gasteiger partial charge on any atom is -0.345 e. The summed E-state index contributed by atoms with van der Waals surface area (Å²) in [6, 6.07) is 3.69. The Balaban J connectivity index is 1.51. The molecule has 0 aliphatic carbocycles. The van der Waals surface area contributed by atoms with Gasteiger partial charge in [-0.1, -0.05) is 6.07 Å². The first-order valence-electron chi connectivity index (χ1n) is 8.80. The van der Waals surface area contributed by atoms with Gasteiger partial charge in [-0.3, -0.25) is 19.7 Å². The van der Waals surface area contributed by atoms with Crippen LogP contribution in [0.5, 0.6) is 0 Å². The van der Waals surface area contributed by atoms with Crippen LogP contribution in [-0.2, 0) is 13.0 Å². The quantitative estimate of drug-likeness (QED) is 0.902. The molecule has 0 aromatic carbocycles. The Labute approximate surface area is 148 Å². The number of nitrogens with one attached hydrogen (secondary N) is 1. The average molecular weight is 339 g/mol. The van der Waals surface area contributed by atoms with Crippen LogP contribution in [0.3, 0.4) is 0 Å². The average Bonchev–Trinajstić information content (AvgIpc) is 2.63. The molecule has 0 saturated carbocycles. The summed E-state index contributed by atoms with van der Waals surface area (Å²) < 4.78 is 0. The van der Waals surface area contributed by atoms with Gasteiger partial charge in [0.25, 0.3) is 5.91 Å². The first-order chi connectivity index (χ1) is 12.1. The van der Waals surface area contributed by atoms with Gasteiger partial charge in [0, 0.05) is 12.4 Å². The third-order valence-electron chi connectivity index (χ3n) is 4.75. The fraction of sp³-hybridized carbons (Fsp3) is 0.474. The minimum absolute atomic E-state index is 0.185. The third-order valence-corrected chi connectivity index (χ3v) is 4.75. The Hall–Kier alpha value is -2.34. The van der Waals surface area contributed by atoms with E-state index < -0.39 is 0 Å². The molecule has 3 rings (SSSR count). The highest BCUT2D eigenvalue weighted by Gasteiger charge is 2.17. The zero-order valence-electron chi connectivity index (χ0n) is 14.9. The monoisotopic (exact) mass is 339 g/mol. The van der Waals surface area contributed by atoms with Gasteiger partial charge in [0.2, 0.25) is 0 Å². The zero-order chi connectivity index (χ0) is 17.6. The van der Waals surface area contributed by atoms with E-state index in [9.17, 15) is 4.79 Å². The Morgan fingerprint density at radius 3 is 2.60 bits per heavy atom. The molecule has 1 fully saturated rings. The third kappa shape index (κ3) is 4.82. The molecule has 0 atom stereocenters. The van der Waals surface area contributed by atoms with Crippen LogP contribution in [-0.4, -0.2) is 45.9 Å². The van der Waals surface area contributed by atoms with Crippen molar-refractivity contribution in [2.75, 3.05) is 20.1 Å². The van der Waals surface area contributed by atoms with Gasteiger partial charge in [-0.05, 0) is 63.9 Å². The molecule has 6 nitrogen and oxygen atoms in total. The van der Waals surface area contributed by atoms with E-state index in [4.69, 9.17) is 0 Å². The van der Waals surface area contributed by atoms with Crippen LogP contribution in [0.1, 0.15) is 40.3 Å². The maximum absolute atomic E-state index is 12.2. The number of pyridine rings is 1. The van der Waals surface area contributed by atoms with Crippen molar-refractivity contribution in [3.8, 4) is 0 Å². The second-order valence-corrected chi connectivity index (χ2v) is 6.80. The highest BCUT2D eigenvalue weighted by atomic mass is 16.1. The van der Waals surface area contributed by atoms with Crippen LogP contribution in [0.4, 0.5) is 0 Å². The summed E-state index contributed by atoms with van der Waals surface area (Å²) in [4.78, 5) is 27.6. The highest BCUT2D eigenvalue weighted by Crippen LogP contribution is 2.19. The molecule has 2 aromatic rings. The fourth-order valence-electron chi connectivity index (χ4n) is 3.12. The van der Waals surface area contributed by atoms with Crippen LogP contribution < -0.4 is 5.32 Å². The van der Waals surface area contributed by atoms with E-state index in [0.29, 0.717) is 18.2 Å². The lowest BCUT2D eigenvalue weighted by molar-refractivity contribution is 0.0944. The van der Waals surface area contributed by atoms with Crippen molar-refractivity contribution in [2.24, 2.45) is 5.92 Å². The molecule has 3 heterocycles. The van der Waals surface area contributed by atoms with Crippen LogP contribution in [0.2, 0.25) is 0 Å². The van der Waals surface area contributed by atoms with E-state index in [-0.39, 0.29) is 5.91 Å². The largest absolute Gasteiger partial charge is 0.345 e. The molecule has 25 heavy (non-hydrogen) atoms. The van der Waals surface area contributed by atoms with Gasteiger partial charge >= 0.3 is 0 Å². The van der Waals surface area contributed by atoms with Crippen molar-refractivity contribution in [2.45, 2.75) is 32.7 Å². The lowest BCUT2D eigenvalue weighted by Gasteiger charge is -2.28. The van der Waals surface area contributed by atoms with Crippen LogP contribution in [0.25, 0.3) is 0 Å². The van der Waals surface area contributed by atoms with Gasteiger partial charge in [0.1, 0.15) is 5.69 Å². The van der Waals surface area contributed by atoms with Gasteiger partial charge in [-0.25, -0.2) is 0 Å². The molecule has 132 valence electrons. The number of rotatable bonds is 5. The van der Waals surface area contributed by atoms with E-state index in [1.54, 1.807) is 12.4 Å². The lowest BCUT2D eigenvalue weighted by atomic mass is 9.92. The number of amides is 1. The van der Waals surface area contributed by atoms with Crippen LogP contribution in [0.15, 0.2) is 30.7 Å². The number of likely N-dealkylation sites (tertiary alicyclic amines) is 1. The summed E-state index contributed by atoms with van der Waals surface area (Å²) >= 11 is 0. The second-order valence-electron chi connectivity index (χ2n) is 6.80. The van der Waals surface area contributed by atoms with Crippen molar-refractivity contribution < 1.29 is 4.79 Å². The predicted octanol–water partition coefficient (Wildman–Crippen LogP) is 1.99. The molecule has 0 bridgehead atoms. The number of piperidine rings is 1. The normalized spacial score (nSPS) is 15.9. The van der Waals surface area contributed by atoms with Crippen LogP contribution in [0, 0.1) is 12.8 Å². The second kappa shape index (κ2) is 8.16. The number of aryl methyl sites for hydroxylation is 1. The minimum atomic E-state index is -0.185. The first-order valence-corrected chi connectivity index (χ1v) is 8.80. The Morgan fingerprint density at radius 2 is 1.92 bits per heavy atom. The van der Waals surface area contributed by atoms with Gasteiger partial charge in [0.05, 0.1) is 24.1 Å². The number of carbonyl (C=O) groups is 1. The molecule has 0 spiro atoms.